The lowest BCUT2D eigenvalue weighted by Gasteiger charge is -2.10. The highest BCUT2D eigenvalue weighted by atomic mass is 32.2. The predicted molar refractivity (Wildman–Crippen MR) is 96.1 cm³/mol. The number of hydrogen-bond donors (Lipinski definition) is 0. The lowest BCUT2D eigenvalue weighted by atomic mass is 10.2. The van der Waals surface area contributed by atoms with E-state index < -0.39 is 0 Å². The molecule has 0 saturated carbocycles. The van der Waals surface area contributed by atoms with Crippen LogP contribution in [0.3, 0.4) is 0 Å². The third-order valence-electron chi connectivity index (χ3n) is 3.53. The molecule has 3 nitrogen and oxygen atoms in total. The molecule has 112 valence electrons. The highest BCUT2D eigenvalue weighted by Gasteiger charge is 2.30. The number of hydrogen-bond acceptors (Lipinski definition) is 3. The fraction of sp³-hybridized carbons (Fsp3) is 0.176. The molecule has 0 bridgehead atoms. The molecule has 22 heavy (non-hydrogen) atoms. The molecule has 0 N–H and O–H groups in total. The van der Waals surface area contributed by atoms with E-state index in [9.17, 15) is 4.79 Å². The molecule has 3 rings (SSSR count). The summed E-state index contributed by atoms with van der Waals surface area (Å²) in [6.45, 7) is 4.61. The minimum absolute atomic E-state index is 0.00510. The molecular formula is C17H16N2OS2. The number of thiocarbonyl (C=S) groups is 1. The van der Waals surface area contributed by atoms with E-state index in [0.717, 1.165) is 11.4 Å². The highest BCUT2D eigenvalue weighted by molar-refractivity contribution is 8.26. The van der Waals surface area contributed by atoms with Crippen molar-refractivity contribution in [1.82, 2.24) is 9.47 Å². The van der Waals surface area contributed by atoms with Crippen LogP contribution in [-0.2, 0) is 4.79 Å². The molecule has 5 heteroatoms. The van der Waals surface area contributed by atoms with E-state index in [0.29, 0.717) is 15.8 Å². The molecule has 1 fully saturated rings. The van der Waals surface area contributed by atoms with Gasteiger partial charge < -0.3 is 4.57 Å². The Morgan fingerprint density at radius 1 is 1.27 bits per heavy atom. The molecule has 1 aromatic carbocycles. The number of likely N-dealkylation sites (N-methyl/N-ethyl adjacent to an activating group) is 1. The maximum Gasteiger partial charge on any atom is 0.266 e. The monoisotopic (exact) mass is 328 g/mol. The van der Waals surface area contributed by atoms with Gasteiger partial charge in [-0.15, -0.1) is 0 Å². The third kappa shape index (κ3) is 2.74. The summed E-state index contributed by atoms with van der Waals surface area (Å²) in [5, 5.41) is 0. The lowest BCUT2D eigenvalue weighted by molar-refractivity contribution is -0.121. The molecule has 1 aromatic heterocycles. The average Bonchev–Trinajstić information content (AvgIpc) is 3.05. The molecule has 1 aliphatic rings. The van der Waals surface area contributed by atoms with E-state index in [1.165, 1.54) is 17.3 Å². The van der Waals surface area contributed by atoms with Gasteiger partial charge in [-0.25, -0.2) is 0 Å². The number of carbonyl (C=O) groups excluding carboxylic acids is 1. The number of aryl methyl sites for hydroxylation is 1. The fourth-order valence-electron chi connectivity index (χ4n) is 2.43. The summed E-state index contributed by atoms with van der Waals surface area (Å²) in [5.41, 5.74) is 3.26. The molecule has 2 heterocycles. The van der Waals surface area contributed by atoms with Crippen molar-refractivity contribution in [2.24, 2.45) is 0 Å². The molecule has 0 aliphatic carbocycles. The Balaban J connectivity index is 1.98. The second-order valence-electron chi connectivity index (χ2n) is 5.07. The van der Waals surface area contributed by atoms with Crippen molar-refractivity contribution >= 4 is 40.3 Å². The maximum atomic E-state index is 12.3. The van der Waals surface area contributed by atoms with Gasteiger partial charge in [-0.3, -0.25) is 9.69 Å². The van der Waals surface area contributed by atoms with Crippen LogP contribution in [-0.4, -0.2) is 26.2 Å². The largest absolute Gasteiger partial charge is 0.317 e. The van der Waals surface area contributed by atoms with Crippen LogP contribution < -0.4 is 0 Å². The van der Waals surface area contributed by atoms with Gasteiger partial charge >= 0.3 is 0 Å². The Hall–Kier alpha value is -1.85. The third-order valence-corrected chi connectivity index (χ3v) is 4.91. The maximum absolute atomic E-state index is 12.3. The van der Waals surface area contributed by atoms with Crippen molar-refractivity contribution in [3.63, 3.8) is 0 Å². The first-order valence-corrected chi connectivity index (χ1v) is 8.32. The predicted octanol–water partition coefficient (Wildman–Crippen LogP) is 4.01. The number of benzene rings is 1. The van der Waals surface area contributed by atoms with Gasteiger partial charge in [0.25, 0.3) is 5.91 Å². The lowest BCUT2D eigenvalue weighted by Crippen LogP contribution is -2.27. The van der Waals surface area contributed by atoms with Crippen LogP contribution in [0.2, 0.25) is 0 Å². The van der Waals surface area contributed by atoms with Crippen LogP contribution in [0.4, 0.5) is 0 Å². The second kappa shape index (κ2) is 6.10. The Bertz CT molecular complexity index is 776. The molecule has 1 saturated heterocycles. The van der Waals surface area contributed by atoms with Crippen molar-refractivity contribution in [2.75, 3.05) is 6.54 Å². The van der Waals surface area contributed by atoms with Crippen molar-refractivity contribution in [3.05, 3.63) is 58.8 Å². The van der Waals surface area contributed by atoms with Crippen molar-refractivity contribution in [3.8, 4) is 5.69 Å². The van der Waals surface area contributed by atoms with Crippen LogP contribution >= 0.6 is 24.0 Å². The second-order valence-corrected chi connectivity index (χ2v) is 6.74. The number of aromatic nitrogens is 1. The molecule has 1 aliphatic heterocycles. The summed E-state index contributed by atoms with van der Waals surface area (Å²) in [6, 6.07) is 12.3. The number of carbonyl (C=O) groups is 1. The minimum atomic E-state index is -0.00510. The normalized spacial score (nSPS) is 16.8. The summed E-state index contributed by atoms with van der Waals surface area (Å²) >= 11 is 6.62. The molecular weight excluding hydrogens is 312 g/mol. The van der Waals surface area contributed by atoms with E-state index in [2.05, 4.69) is 29.7 Å². The van der Waals surface area contributed by atoms with Crippen molar-refractivity contribution in [2.45, 2.75) is 13.8 Å². The topological polar surface area (TPSA) is 25.2 Å². The number of amides is 1. The minimum Gasteiger partial charge on any atom is -0.317 e. The summed E-state index contributed by atoms with van der Waals surface area (Å²) in [5.74, 6) is -0.00510. The summed E-state index contributed by atoms with van der Waals surface area (Å²) in [6.07, 6.45) is 3.92. The first-order valence-electron chi connectivity index (χ1n) is 7.10. The van der Waals surface area contributed by atoms with Crippen LogP contribution in [0.1, 0.15) is 18.2 Å². The SMILES string of the molecule is CCN1C(=O)/C(=C/c2cccn2-c2cccc(C)c2)SC1=S. The van der Waals surface area contributed by atoms with Crippen LogP contribution in [0.5, 0.6) is 0 Å². The van der Waals surface area contributed by atoms with Gasteiger partial charge in [-0.05, 0) is 49.8 Å². The van der Waals surface area contributed by atoms with E-state index in [1.54, 1.807) is 4.90 Å². The molecule has 0 spiro atoms. The Kier molecular flexibility index (Phi) is 4.18. The highest BCUT2D eigenvalue weighted by Crippen LogP contribution is 2.32. The Morgan fingerprint density at radius 2 is 2.09 bits per heavy atom. The van der Waals surface area contributed by atoms with Crippen LogP contribution in [0.15, 0.2) is 47.5 Å². The first-order chi connectivity index (χ1) is 10.6. The summed E-state index contributed by atoms with van der Waals surface area (Å²) < 4.78 is 2.71. The smallest absolute Gasteiger partial charge is 0.266 e. The first kappa shape index (κ1) is 15.1. The van der Waals surface area contributed by atoms with Gasteiger partial charge in [0.1, 0.15) is 4.32 Å². The fourth-order valence-corrected chi connectivity index (χ4v) is 3.80. The number of nitrogens with zero attached hydrogens (tertiary/aromatic N) is 2. The Labute approximate surface area is 139 Å². The van der Waals surface area contributed by atoms with Gasteiger partial charge in [-0.1, -0.05) is 36.1 Å². The molecule has 0 unspecified atom stereocenters. The van der Waals surface area contributed by atoms with Crippen LogP contribution in [0, 0.1) is 6.92 Å². The van der Waals surface area contributed by atoms with E-state index in [1.807, 2.05) is 37.4 Å². The van der Waals surface area contributed by atoms with Crippen molar-refractivity contribution in [1.29, 1.82) is 0 Å². The van der Waals surface area contributed by atoms with E-state index in [-0.39, 0.29) is 5.91 Å². The van der Waals surface area contributed by atoms with E-state index >= 15 is 0 Å². The summed E-state index contributed by atoms with van der Waals surface area (Å²) in [7, 11) is 0. The molecule has 0 radical (unpaired) electrons. The van der Waals surface area contributed by atoms with Gasteiger partial charge in [0.2, 0.25) is 0 Å². The van der Waals surface area contributed by atoms with E-state index in [4.69, 9.17) is 12.2 Å². The number of rotatable bonds is 3. The Morgan fingerprint density at radius 3 is 2.77 bits per heavy atom. The zero-order chi connectivity index (χ0) is 15.7. The van der Waals surface area contributed by atoms with Gasteiger partial charge in [-0.2, -0.15) is 0 Å². The van der Waals surface area contributed by atoms with Gasteiger partial charge in [0, 0.05) is 24.1 Å². The van der Waals surface area contributed by atoms with Crippen molar-refractivity contribution < 1.29 is 4.79 Å². The molecule has 2 aromatic rings. The molecule has 0 atom stereocenters. The summed E-state index contributed by atoms with van der Waals surface area (Å²) in [4.78, 5) is 14.6. The van der Waals surface area contributed by atoms with Crippen LogP contribution in [0.25, 0.3) is 11.8 Å². The number of thioether (sulfide) groups is 1. The van der Waals surface area contributed by atoms with Gasteiger partial charge in [0.05, 0.1) is 4.91 Å². The van der Waals surface area contributed by atoms with Gasteiger partial charge in [0.15, 0.2) is 0 Å². The quantitative estimate of drug-likeness (QED) is 0.629. The standard InChI is InChI=1S/C17H16N2OS2/c1-3-18-16(20)15(22-17(18)21)11-14-8-5-9-19(14)13-7-4-6-12(2)10-13/h4-11H,3H2,1-2H3/b15-11-. The zero-order valence-electron chi connectivity index (χ0n) is 12.4. The zero-order valence-corrected chi connectivity index (χ0v) is 14.1. The average molecular weight is 328 g/mol. The molecule has 1 amide bonds.